The average Bonchev–Trinajstić information content (AvgIpc) is 2.99. The van der Waals surface area contributed by atoms with Gasteiger partial charge in [-0.25, -0.2) is 0 Å². The van der Waals surface area contributed by atoms with Gasteiger partial charge in [0, 0.05) is 17.8 Å². The van der Waals surface area contributed by atoms with Crippen LogP contribution in [-0.2, 0) is 4.79 Å². The molecule has 0 aromatic carbocycles. The van der Waals surface area contributed by atoms with E-state index < -0.39 is 5.60 Å². The second-order valence-electron chi connectivity index (χ2n) is 9.57. The Hall–Kier alpha value is -0.910. The molecule has 0 spiro atoms. The molecule has 2 rings (SSSR count). The van der Waals surface area contributed by atoms with Crippen LogP contribution in [0.3, 0.4) is 0 Å². The number of piperidine rings is 1. The van der Waals surface area contributed by atoms with E-state index in [0.29, 0.717) is 18.8 Å². The number of nitrogens with zero attached hydrogens (tertiary/aromatic N) is 1. The van der Waals surface area contributed by atoms with Gasteiger partial charge < -0.3 is 10.4 Å². The van der Waals surface area contributed by atoms with Crippen LogP contribution in [0.2, 0.25) is 0 Å². The Bertz CT molecular complexity index is 573. The number of hydrogen-bond donors (Lipinski definition) is 2. The van der Waals surface area contributed by atoms with Crippen LogP contribution in [0.15, 0.2) is 17.5 Å². The lowest BCUT2D eigenvalue weighted by Crippen LogP contribution is -2.62. The Morgan fingerprint density at radius 1 is 1.46 bits per heavy atom. The molecule has 0 bridgehead atoms. The molecule has 3 unspecified atom stereocenters. The lowest BCUT2D eigenvalue weighted by Gasteiger charge is -2.49. The zero-order valence-corrected chi connectivity index (χ0v) is 18.0. The summed E-state index contributed by atoms with van der Waals surface area (Å²) in [5, 5.41) is 16.4. The fourth-order valence-electron chi connectivity index (χ4n) is 3.63. The minimum atomic E-state index is -0.906. The second kappa shape index (κ2) is 8.41. The largest absolute Gasteiger partial charge is 0.388 e. The highest BCUT2D eigenvalue weighted by atomic mass is 32.1. The summed E-state index contributed by atoms with van der Waals surface area (Å²) in [6, 6.07) is 3.92. The van der Waals surface area contributed by atoms with E-state index in [1.165, 1.54) is 4.88 Å². The van der Waals surface area contributed by atoms with Crippen molar-refractivity contribution in [3.8, 4) is 0 Å². The van der Waals surface area contributed by atoms with Gasteiger partial charge in [0.25, 0.3) is 0 Å². The Morgan fingerprint density at radius 3 is 2.69 bits per heavy atom. The molecule has 1 saturated heterocycles. The molecule has 0 saturated carbocycles. The Balaban J connectivity index is 2.27. The molecule has 0 radical (unpaired) electrons. The molecule has 5 heteroatoms. The molecule has 2 N–H and O–H groups in total. The van der Waals surface area contributed by atoms with Crippen molar-refractivity contribution >= 4 is 17.2 Å². The number of carbonyl (C=O) groups excluding carboxylic acids is 1. The van der Waals surface area contributed by atoms with E-state index in [9.17, 15) is 9.90 Å². The van der Waals surface area contributed by atoms with Crippen molar-refractivity contribution in [2.24, 2.45) is 11.3 Å². The molecule has 26 heavy (non-hydrogen) atoms. The van der Waals surface area contributed by atoms with Gasteiger partial charge in [-0.05, 0) is 49.1 Å². The highest BCUT2D eigenvalue weighted by molar-refractivity contribution is 7.10. The highest BCUT2D eigenvalue weighted by Gasteiger charge is 2.46. The third-order valence-electron chi connectivity index (χ3n) is 5.12. The first-order valence-electron chi connectivity index (χ1n) is 9.79. The van der Waals surface area contributed by atoms with E-state index in [2.05, 4.69) is 62.3 Å². The van der Waals surface area contributed by atoms with Crippen LogP contribution in [0, 0.1) is 11.3 Å². The molecule has 1 aromatic heterocycles. The van der Waals surface area contributed by atoms with Gasteiger partial charge in [-0.1, -0.05) is 40.7 Å². The summed E-state index contributed by atoms with van der Waals surface area (Å²) in [6.45, 7) is 14.4. The molecule has 1 aromatic rings. The molecule has 4 nitrogen and oxygen atoms in total. The van der Waals surface area contributed by atoms with Crippen molar-refractivity contribution in [2.45, 2.75) is 78.5 Å². The van der Waals surface area contributed by atoms with Gasteiger partial charge in [-0.15, -0.1) is 11.3 Å². The molecular formula is C21H36N2O2S. The van der Waals surface area contributed by atoms with E-state index >= 15 is 0 Å². The number of hydrogen-bond acceptors (Lipinski definition) is 4. The van der Waals surface area contributed by atoms with Gasteiger partial charge in [-0.3, -0.25) is 9.69 Å². The highest BCUT2D eigenvalue weighted by Crippen LogP contribution is 2.39. The quantitative estimate of drug-likeness (QED) is 0.777. The minimum absolute atomic E-state index is 0.0232. The molecule has 1 amide bonds. The molecule has 3 atom stereocenters. The third-order valence-corrected chi connectivity index (χ3v) is 6.06. The van der Waals surface area contributed by atoms with Crippen LogP contribution in [0.4, 0.5) is 0 Å². The number of carbonyl (C=O) groups is 1. The van der Waals surface area contributed by atoms with E-state index in [0.717, 1.165) is 19.5 Å². The van der Waals surface area contributed by atoms with E-state index in [1.54, 1.807) is 11.3 Å². The number of rotatable bonds is 6. The summed E-state index contributed by atoms with van der Waals surface area (Å²) in [6.07, 6.45) is 2.25. The Morgan fingerprint density at radius 2 is 2.15 bits per heavy atom. The Labute approximate surface area is 163 Å². The standard InChI is InChI=1S/C21H36N2O2S/c1-15(2)9-11-23-12-10-21(6,25)19(18(23)16-8-7-13-26-16)22-17(24)14-20(3,4)5/h7-8,13,15,18-19,25H,9-12,14H2,1-6H3,(H,22,24). The van der Waals surface area contributed by atoms with Crippen LogP contribution >= 0.6 is 11.3 Å². The summed E-state index contributed by atoms with van der Waals surface area (Å²) >= 11 is 1.71. The number of likely N-dealkylation sites (tertiary alicyclic amines) is 1. The first kappa shape index (κ1) is 21.4. The van der Waals surface area contributed by atoms with Crippen LogP contribution in [0.5, 0.6) is 0 Å². The smallest absolute Gasteiger partial charge is 0.220 e. The molecular weight excluding hydrogens is 344 g/mol. The van der Waals surface area contributed by atoms with Gasteiger partial charge >= 0.3 is 0 Å². The summed E-state index contributed by atoms with van der Waals surface area (Å²) in [4.78, 5) is 16.3. The maximum atomic E-state index is 12.7. The second-order valence-corrected chi connectivity index (χ2v) is 10.5. The van der Waals surface area contributed by atoms with E-state index in [1.807, 2.05) is 6.92 Å². The van der Waals surface area contributed by atoms with Crippen molar-refractivity contribution in [3.05, 3.63) is 22.4 Å². The summed E-state index contributed by atoms with van der Waals surface area (Å²) < 4.78 is 0. The maximum Gasteiger partial charge on any atom is 0.220 e. The molecule has 1 aliphatic rings. The van der Waals surface area contributed by atoms with Crippen LogP contribution in [0.25, 0.3) is 0 Å². The molecule has 1 fully saturated rings. The van der Waals surface area contributed by atoms with Gasteiger partial charge in [-0.2, -0.15) is 0 Å². The zero-order valence-electron chi connectivity index (χ0n) is 17.2. The van der Waals surface area contributed by atoms with Crippen LogP contribution < -0.4 is 5.32 Å². The van der Waals surface area contributed by atoms with Gasteiger partial charge in [0.2, 0.25) is 5.91 Å². The number of nitrogens with one attached hydrogen (secondary N) is 1. The van der Waals surface area contributed by atoms with Crippen molar-refractivity contribution in [3.63, 3.8) is 0 Å². The zero-order chi connectivity index (χ0) is 19.5. The number of amides is 1. The summed E-state index contributed by atoms with van der Waals surface area (Å²) in [5.41, 5.74) is -0.975. The summed E-state index contributed by atoms with van der Waals surface area (Å²) in [7, 11) is 0. The summed E-state index contributed by atoms with van der Waals surface area (Å²) in [5.74, 6) is 0.658. The van der Waals surface area contributed by atoms with Gasteiger partial charge in [0.1, 0.15) is 0 Å². The minimum Gasteiger partial charge on any atom is -0.388 e. The Kier molecular flexibility index (Phi) is 6.92. The maximum absolute atomic E-state index is 12.7. The third kappa shape index (κ3) is 5.80. The fourth-order valence-corrected chi connectivity index (χ4v) is 4.53. The number of aliphatic hydroxyl groups is 1. The molecule has 0 aliphatic carbocycles. The van der Waals surface area contributed by atoms with Crippen molar-refractivity contribution in [1.82, 2.24) is 10.2 Å². The average molecular weight is 381 g/mol. The topological polar surface area (TPSA) is 52.6 Å². The SMILES string of the molecule is CC(C)CCN1CCC(C)(O)C(NC(=O)CC(C)(C)C)C1c1cccs1. The monoisotopic (exact) mass is 380 g/mol. The van der Waals surface area contributed by atoms with E-state index in [4.69, 9.17) is 0 Å². The lowest BCUT2D eigenvalue weighted by atomic mass is 9.81. The molecule has 148 valence electrons. The van der Waals surface area contributed by atoms with Crippen LogP contribution in [0.1, 0.15) is 71.7 Å². The van der Waals surface area contributed by atoms with Crippen molar-refractivity contribution < 1.29 is 9.90 Å². The normalized spacial score (nSPS) is 27.7. The van der Waals surface area contributed by atoms with Gasteiger partial charge in [0.05, 0.1) is 17.7 Å². The molecule has 2 heterocycles. The fraction of sp³-hybridized carbons (Fsp3) is 0.762. The van der Waals surface area contributed by atoms with Crippen LogP contribution in [-0.4, -0.2) is 40.6 Å². The van der Waals surface area contributed by atoms with E-state index in [-0.39, 0.29) is 23.4 Å². The predicted molar refractivity (Wildman–Crippen MR) is 109 cm³/mol. The first-order chi connectivity index (χ1) is 12.0. The van der Waals surface area contributed by atoms with Gasteiger partial charge in [0.15, 0.2) is 0 Å². The van der Waals surface area contributed by atoms with Crippen molar-refractivity contribution in [2.75, 3.05) is 13.1 Å². The molecule has 1 aliphatic heterocycles. The number of thiophene rings is 1. The lowest BCUT2D eigenvalue weighted by molar-refractivity contribution is -0.130. The predicted octanol–water partition coefficient (Wildman–Crippen LogP) is 4.21. The van der Waals surface area contributed by atoms with Crippen molar-refractivity contribution in [1.29, 1.82) is 0 Å². The first-order valence-corrected chi connectivity index (χ1v) is 10.7.